The third-order valence-electron chi connectivity index (χ3n) is 4.92. The molecule has 0 atom stereocenters. The highest BCUT2D eigenvalue weighted by Gasteiger charge is 2.16. The summed E-state index contributed by atoms with van der Waals surface area (Å²) >= 11 is 1.45. The molecule has 0 fully saturated rings. The van der Waals surface area contributed by atoms with E-state index in [-0.39, 0.29) is 5.91 Å². The van der Waals surface area contributed by atoms with Gasteiger partial charge in [0.05, 0.1) is 17.6 Å². The fraction of sp³-hybridized carbons (Fsp3) is 0.304. The summed E-state index contributed by atoms with van der Waals surface area (Å²) in [6.07, 6.45) is 1.85. The molecule has 1 amide bonds. The molecule has 1 aliphatic rings. The maximum Gasteiger partial charge on any atom is 0.230 e. The van der Waals surface area contributed by atoms with Crippen LogP contribution in [0.4, 0.5) is 0 Å². The number of nitrogens with zero attached hydrogens (tertiary/aromatic N) is 2. The monoisotopic (exact) mass is 423 g/mol. The van der Waals surface area contributed by atoms with E-state index < -0.39 is 0 Å². The summed E-state index contributed by atoms with van der Waals surface area (Å²) in [5.74, 6) is 1.84. The maximum atomic E-state index is 12.3. The van der Waals surface area contributed by atoms with Gasteiger partial charge in [-0.05, 0) is 37.6 Å². The van der Waals surface area contributed by atoms with E-state index in [0.717, 1.165) is 40.0 Å². The van der Waals surface area contributed by atoms with E-state index in [0.29, 0.717) is 25.5 Å². The Bertz CT molecular complexity index is 1030. The first-order valence-electron chi connectivity index (χ1n) is 10.0. The SMILES string of the molecule is CCn1c(-c2ccc3c(c2)OCCO3)cnc1SCC(=O)NCc1ccc(C)cc1. The lowest BCUT2D eigenvalue weighted by atomic mass is 10.1. The minimum absolute atomic E-state index is 0.00731. The van der Waals surface area contributed by atoms with Crippen molar-refractivity contribution in [1.82, 2.24) is 14.9 Å². The van der Waals surface area contributed by atoms with E-state index in [1.807, 2.05) is 55.6 Å². The number of hydrogen-bond acceptors (Lipinski definition) is 5. The number of amides is 1. The van der Waals surface area contributed by atoms with Gasteiger partial charge in [-0.1, -0.05) is 41.6 Å². The van der Waals surface area contributed by atoms with Crippen molar-refractivity contribution in [2.75, 3.05) is 19.0 Å². The third-order valence-corrected chi connectivity index (χ3v) is 5.91. The van der Waals surface area contributed by atoms with Crippen LogP contribution in [0.5, 0.6) is 11.5 Å². The van der Waals surface area contributed by atoms with Crippen molar-refractivity contribution in [1.29, 1.82) is 0 Å². The fourth-order valence-electron chi connectivity index (χ4n) is 3.30. The molecule has 0 saturated heterocycles. The lowest BCUT2D eigenvalue weighted by Crippen LogP contribution is -2.24. The van der Waals surface area contributed by atoms with E-state index in [9.17, 15) is 4.79 Å². The van der Waals surface area contributed by atoms with Crippen molar-refractivity contribution >= 4 is 17.7 Å². The molecule has 2 heterocycles. The van der Waals surface area contributed by atoms with E-state index >= 15 is 0 Å². The Morgan fingerprint density at radius 1 is 1.13 bits per heavy atom. The number of rotatable bonds is 7. The Morgan fingerprint density at radius 2 is 1.90 bits per heavy atom. The summed E-state index contributed by atoms with van der Waals surface area (Å²) in [6.45, 7) is 6.55. The standard InChI is InChI=1S/C23H25N3O3S/c1-3-26-19(18-8-9-20-21(12-18)29-11-10-28-20)14-25-23(26)30-15-22(27)24-13-17-6-4-16(2)5-7-17/h4-9,12,14H,3,10-11,13,15H2,1-2H3,(H,24,27). The number of aromatic nitrogens is 2. The van der Waals surface area contributed by atoms with Gasteiger partial charge in [0.25, 0.3) is 0 Å². The van der Waals surface area contributed by atoms with Crippen LogP contribution in [-0.2, 0) is 17.9 Å². The Kier molecular flexibility index (Phi) is 6.28. The topological polar surface area (TPSA) is 65.4 Å². The molecule has 1 aliphatic heterocycles. The number of carbonyl (C=O) groups is 1. The Morgan fingerprint density at radius 3 is 2.67 bits per heavy atom. The van der Waals surface area contributed by atoms with Gasteiger partial charge in [0.2, 0.25) is 5.91 Å². The first-order chi connectivity index (χ1) is 14.6. The van der Waals surface area contributed by atoms with Crippen molar-refractivity contribution in [3.63, 3.8) is 0 Å². The number of nitrogens with one attached hydrogen (secondary N) is 1. The third kappa shape index (κ3) is 4.62. The zero-order valence-corrected chi connectivity index (χ0v) is 18.0. The van der Waals surface area contributed by atoms with Crippen LogP contribution in [0.3, 0.4) is 0 Å². The number of imidazole rings is 1. The van der Waals surface area contributed by atoms with Crippen LogP contribution in [0.25, 0.3) is 11.3 Å². The summed E-state index contributed by atoms with van der Waals surface area (Å²) in [4.78, 5) is 16.8. The van der Waals surface area contributed by atoms with Gasteiger partial charge in [0.1, 0.15) is 13.2 Å². The average molecular weight is 424 g/mol. The zero-order valence-electron chi connectivity index (χ0n) is 17.2. The summed E-state index contributed by atoms with van der Waals surface area (Å²) in [7, 11) is 0. The number of benzene rings is 2. The second kappa shape index (κ2) is 9.26. The minimum Gasteiger partial charge on any atom is -0.486 e. The molecule has 0 spiro atoms. The Balaban J connectivity index is 1.40. The van der Waals surface area contributed by atoms with Crippen LogP contribution in [-0.4, -0.2) is 34.4 Å². The molecular formula is C23H25N3O3S. The first kappa shape index (κ1) is 20.3. The normalized spacial score (nSPS) is 12.6. The number of fused-ring (bicyclic) bond motifs is 1. The highest BCUT2D eigenvalue weighted by Crippen LogP contribution is 2.35. The molecule has 1 N–H and O–H groups in total. The van der Waals surface area contributed by atoms with Crippen LogP contribution in [0.2, 0.25) is 0 Å². The van der Waals surface area contributed by atoms with Crippen LogP contribution in [0.1, 0.15) is 18.1 Å². The molecule has 3 aromatic rings. The molecule has 0 saturated carbocycles. The number of thioether (sulfide) groups is 1. The molecule has 0 aliphatic carbocycles. The van der Waals surface area contributed by atoms with Gasteiger partial charge in [-0.3, -0.25) is 4.79 Å². The van der Waals surface area contributed by atoms with Crippen molar-refractivity contribution in [2.45, 2.75) is 32.1 Å². The van der Waals surface area contributed by atoms with Crippen LogP contribution < -0.4 is 14.8 Å². The van der Waals surface area contributed by atoms with Crippen molar-refractivity contribution < 1.29 is 14.3 Å². The molecule has 0 unspecified atom stereocenters. The lowest BCUT2D eigenvalue weighted by Gasteiger charge is -2.19. The molecule has 6 nitrogen and oxygen atoms in total. The molecule has 1 aromatic heterocycles. The van der Waals surface area contributed by atoms with Crippen LogP contribution >= 0.6 is 11.8 Å². The van der Waals surface area contributed by atoms with Gasteiger partial charge in [-0.25, -0.2) is 4.98 Å². The van der Waals surface area contributed by atoms with Crippen LogP contribution in [0, 0.1) is 6.92 Å². The Labute approximate surface area is 180 Å². The summed E-state index contributed by atoms with van der Waals surface area (Å²) in [5, 5.41) is 3.80. The molecule has 7 heteroatoms. The molecule has 2 aromatic carbocycles. The summed E-state index contributed by atoms with van der Waals surface area (Å²) in [5.41, 5.74) is 4.32. The summed E-state index contributed by atoms with van der Waals surface area (Å²) in [6, 6.07) is 14.1. The molecule has 4 rings (SSSR count). The number of carbonyl (C=O) groups excluding carboxylic acids is 1. The number of aryl methyl sites for hydroxylation is 1. The molecular weight excluding hydrogens is 398 g/mol. The minimum atomic E-state index is -0.00731. The second-order valence-electron chi connectivity index (χ2n) is 7.08. The number of hydrogen-bond donors (Lipinski definition) is 1. The highest BCUT2D eigenvalue weighted by atomic mass is 32.2. The van der Waals surface area contributed by atoms with Crippen molar-refractivity contribution in [3.8, 4) is 22.8 Å². The predicted octanol–water partition coefficient (Wildman–Crippen LogP) is 4.06. The molecule has 30 heavy (non-hydrogen) atoms. The van der Waals surface area contributed by atoms with Gasteiger partial charge in [-0.2, -0.15) is 0 Å². The molecule has 0 bridgehead atoms. The Hall–Kier alpha value is -2.93. The van der Waals surface area contributed by atoms with Gasteiger partial charge in [0.15, 0.2) is 16.7 Å². The highest BCUT2D eigenvalue weighted by molar-refractivity contribution is 7.99. The molecule has 0 radical (unpaired) electrons. The van der Waals surface area contributed by atoms with Crippen molar-refractivity contribution in [2.24, 2.45) is 0 Å². The van der Waals surface area contributed by atoms with Crippen molar-refractivity contribution in [3.05, 3.63) is 59.8 Å². The van der Waals surface area contributed by atoms with E-state index in [2.05, 4.69) is 21.8 Å². The summed E-state index contributed by atoms with van der Waals surface area (Å²) < 4.78 is 13.4. The van der Waals surface area contributed by atoms with E-state index in [1.54, 1.807) is 0 Å². The van der Waals surface area contributed by atoms with Gasteiger partial charge in [0, 0.05) is 18.7 Å². The maximum absolute atomic E-state index is 12.3. The lowest BCUT2D eigenvalue weighted by molar-refractivity contribution is -0.118. The largest absolute Gasteiger partial charge is 0.486 e. The fourth-order valence-corrected chi connectivity index (χ4v) is 4.17. The van der Waals surface area contributed by atoms with Gasteiger partial charge >= 0.3 is 0 Å². The van der Waals surface area contributed by atoms with E-state index in [1.165, 1.54) is 17.3 Å². The van der Waals surface area contributed by atoms with Gasteiger partial charge < -0.3 is 19.4 Å². The van der Waals surface area contributed by atoms with E-state index in [4.69, 9.17) is 9.47 Å². The van der Waals surface area contributed by atoms with Crippen LogP contribution in [0.15, 0.2) is 53.8 Å². The second-order valence-corrected chi connectivity index (χ2v) is 8.02. The predicted molar refractivity (Wildman–Crippen MR) is 118 cm³/mol. The number of ether oxygens (including phenoxy) is 2. The van der Waals surface area contributed by atoms with Gasteiger partial charge in [-0.15, -0.1) is 0 Å². The quantitative estimate of drug-likeness (QED) is 0.581. The molecule has 156 valence electrons. The smallest absolute Gasteiger partial charge is 0.230 e. The first-order valence-corrected chi connectivity index (χ1v) is 11.0. The average Bonchev–Trinajstić information content (AvgIpc) is 3.20. The zero-order chi connectivity index (χ0) is 20.9.